The summed E-state index contributed by atoms with van der Waals surface area (Å²) in [5.74, 6) is -0.430. The van der Waals surface area contributed by atoms with Gasteiger partial charge in [0.05, 0.1) is 6.61 Å². The zero-order chi connectivity index (χ0) is 15.1. The Morgan fingerprint density at radius 2 is 1.84 bits per heavy atom. The van der Waals surface area contributed by atoms with Crippen LogP contribution in [0.1, 0.15) is 40.5 Å². The van der Waals surface area contributed by atoms with Gasteiger partial charge in [0.1, 0.15) is 12.1 Å². The van der Waals surface area contributed by atoms with Crippen LogP contribution in [0.25, 0.3) is 0 Å². The van der Waals surface area contributed by atoms with Gasteiger partial charge < -0.3 is 4.74 Å². The van der Waals surface area contributed by atoms with Crippen LogP contribution in [0.4, 0.5) is 0 Å². The van der Waals surface area contributed by atoms with Crippen molar-refractivity contribution in [3.8, 4) is 0 Å². The average molecular weight is 407 g/mol. The first-order valence-electron chi connectivity index (χ1n) is 6.32. The van der Waals surface area contributed by atoms with Crippen molar-refractivity contribution in [2.75, 3.05) is 13.7 Å². The molecule has 0 aromatic rings. The van der Waals surface area contributed by atoms with Gasteiger partial charge in [-0.25, -0.2) is 4.57 Å². The van der Waals surface area contributed by atoms with Crippen LogP contribution in [-0.2, 0) is 23.1 Å². The van der Waals surface area contributed by atoms with E-state index in [1.165, 1.54) is 9.99 Å². The Morgan fingerprint density at radius 1 is 1.32 bits per heavy atom. The first-order chi connectivity index (χ1) is 8.86. The van der Waals surface area contributed by atoms with Crippen molar-refractivity contribution >= 4 is 36.6 Å². The standard InChI is InChI=1S/C11H23INO5P/c1-6-10(7-2)18-11(14)9(4)13(12)19(15,16-5)17-8-3/h9-10H,6-8H2,1-5H3. The molecule has 0 aliphatic rings. The molecule has 114 valence electrons. The Morgan fingerprint density at radius 3 is 2.21 bits per heavy atom. The second-order valence-electron chi connectivity index (χ2n) is 3.91. The summed E-state index contributed by atoms with van der Waals surface area (Å²) in [5, 5.41) is 0. The minimum Gasteiger partial charge on any atom is -0.461 e. The summed E-state index contributed by atoms with van der Waals surface area (Å²) in [6.45, 7) is 7.46. The number of rotatable bonds is 9. The van der Waals surface area contributed by atoms with Gasteiger partial charge in [-0.1, -0.05) is 13.8 Å². The second-order valence-corrected chi connectivity index (χ2v) is 7.70. The van der Waals surface area contributed by atoms with Gasteiger partial charge in [0.2, 0.25) is 0 Å². The third-order valence-electron chi connectivity index (χ3n) is 2.61. The molecule has 0 bridgehead atoms. The third kappa shape index (κ3) is 5.67. The molecule has 2 unspecified atom stereocenters. The highest BCUT2D eigenvalue weighted by atomic mass is 127. The third-order valence-corrected chi connectivity index (χ3v) is 6.89. The molecule has 2 atom stereocenters. The molecule has 0 aliphatic carbocycles. The number of carbonyl (C=O) groups excluding carboxylic acids is 1. The number of hydrogen-bond donors (Lipinski definition) is 0. The molecule has 0 spiro atoms. The van der Waals surface area contributed by atoms with E-state index in [-0.39, 0.29) is 12.7 Å². The van der Waals surface area contributed by atoms with Crippen LogP contribution in [0.5, 0.6) is 0 Å². The molecule has 0 heterocycles. The van der Waals surface area contributed by atoms with Gasteiger partial charge in [-0.05, 0) is 26.7 Å². The lowest BCUT2D eigenvalue weighted by atomic mass is 10.2. The molecule has 0 amide bonds. The molecule has 0 saturated heterocycles. The van der Waals surface area contributed by atoms with Crippen molar-refractivity contribution in [3.63, 3.8) is 0 Å². The molecule has 0 N–H and O–H groups in total. The minimum absolute atomic E-state index is 0.117. The van der Waals surface area contributed by atoms with Crippen LogP contribution in [0.15, 0.2) is 0 Å². The van der Waals surface area contributed by atoms with Gasteiger partial charge in [-0.3, -0.25) is 13.8 Å². The molecule has 0 saturated carbocycles. The molecule has 0 rings (SSSR count). The molecule has 0 fully saturated rings. The summed E-state index contributed by atoms with van der Waals surface area (Å²) < 4.78 is 28.9. The highest BCUT2D eigenvalue weighted by molar-refractivity contribution is 14.1. The predicted octanol–water partition coefficient (Wildman–Crippen LogP) is 3.55. The molecule has 0 aromatic heterocycles. The molecule has 8 heteroatoms. The lowest BCUT2D eigenvalue weighted by Gasteiger charge is -2.28. The van der Waals surface area contributed by atoms with E-state index in [0.717, 1.165) is 12.8 Å². The van der Waals surface area contributed by atoms with E-state index in [2.05, 4.69) is 0 Å². The van der Waals surface area contributed by atoms with Crippen LogP contribution >= 0.6 is 30.6 Å². The number of hydrogen-bond acceptors (Lipinski definition) is 5. The highest BCUT2D eigenvalue weighted by Crippen LogP contribution is 2.54. The van der Waals surface area contributed by atoms with Gasteiger partial charge in [-0.15, -0.1) is 2.88 Å². The fraction of sp³-hybridized carbons (Fsp3) is 0.909. The van der Waals surface area contributed by atoms with E-state index in [9.17, 15) is 9.36 Å². The smallest absolute Gasteiger partial charge is 0.417 e. The Balaban J connectivity index is 4.74. The largest absolute Gasteiger partial charge is 0.461 e. The van der Waals surface area contributed by atoms with Crippen molar-refractivity contribution < 1.29 is 23.1 Å². The molecule has 0 aliphatic heterocycles. The van der Waals surface area contributed by atoms with Crippen LogP contribution < -0.4 is 0 Å². The summed E-state index contributed by atoms with van der Waals surface area (Å²) in [4.78, 5) is 12.0. The van der Waals surface area contributed by atoms with Gasteiger partial charge in [-0.2, -0.15) is 0 Å². The van der Waals surface area contributed by atoms with E-state index >= 15 is 0 Å². The van der Waals surface area contributed by atoms with Crippen molar-refractivity contribution in [1.29, 1.82) is 0 Å². The summed E-state index contributed by atoms with van der Waals surface area (Å²) in [6.07, 6.45) is 1.39. The highest BCUT2D eigenvalue weighted by Gasteiger charge is 2.38. The number of carbonyl (C=O) groups is 1. The van der Waals surface area contributed by atoms with Crippen LogP contribution in [0.2, 0.25) is 0 Å². The molecule has 0 aromatic carbocycles. The van der Waals surface area contributed by atoms with E-state index in [4.69, 9.17) is 13.8 Å². The molecule has 19 heavy (non-hydrogen) atoms. The molecule has 0 radical (unpaired) electrons. The van der Waals surface area contributed by atoms with Gasteiger partial charge in [0.15, 0.2) is 0 Å². The maximum absolute atomic E-state index is 12.3. The van der Waals surface area contributed by atoms with Crippen molar-refractivity contribution in [2.24, 2.45) is 0 Å². The topological polar surface area (TPSA) is 65.1 Å². The summed E-state index contributed by atoms with van der Waals surface area (Å²) in [5.41, 5.74) is 0. The monoisotopic (exact) mass is 407 g/mol. The lowest BCUT2D eigenvalue weighted by Crippen LogP contribution is -2.34. The Hall–Kier alpha value is 0.310. The predicted molar refractivity (Wildman–Crippen MR) is 82.0 cm³/mol. The number of halogens is 1. The van der Waals surface area contributed by atoms with Crippen LogP contribution in [0.3, 0.4) is 0 Å². The first kappa shape index (κ1) is 19.3. The van der Waals surface area contributed by atoms with Gasteiger partial charge >= 0.3 is 13.7 Å². The first-order valence-corrected chi connectivity index (χ1v) is 8.78. The zero-order valence-corrected chi connectivity index (χ0v) is 15.1. The summed E-state index contributed by atoms with van der Waals surface area (Å²) in [6, 6.07) is -0.710. The lowest BCUT2D eigenvalue weighted by molar-refractivity contribution is -0.152. The van der Waals surface area contributed by atoms with E-state index in [1.807, 2.05) is 13.8 Å². The van der Waals surface area contributed by atoms with Crippen molar-refractivity contribution in [1.82, 2.24) is 2.88 Å². The second kappa shape index (κ2) is 9.28. The van der Waals surface area contributed by atoms with Crippen LogP contribution in [0, 0.1) is 0 Å². The van der Waals surface area contributed by atoms with E-state index < -0.39 is 19.8 Å². The maximum atomic E-state index is 12.3. The Kier molecular flexibility index (Phi) is 9.43. The average Bonchev–Trinajstić information content (AvgIpc) is 2.42. The zero-order valence-electron chi connectivity index (χ0n) is 12.1. The molecular weight excluding hydrogens is 384 g/mol. The summed E-state index contributed by atoms with van der Waals surface area (Å²) >= 11 is 1.78. The number of nitrogens with zero attached hydrogens (tertiary/aromatic N) is 1. The fourth-order valence-electron chi connectivity index (χ4n) is 1.37. The number of ether oxygens (including phenoxy) is 1. The fourth-order valence-corrected chi connectivity index (χ4v) is 3.71. The van der Waals surface area contributed by atoms with Gasteiger partial charge in [0.25, 0.3) is 0 Å². The SMILES string of the molecule is CCOP(=O)(OC)N(I)C(C)C(=O)OC(CC)CC. The quantitative estimate of drug-likeness (QED) is 0.252. The molecular formula is C11H23INO5P. The number of esters is 1. The Bertz CT molecular complexity index is 324. The van der Waals surface area contributed by atoms with E-state index in [1.54, 1.807) is 36.7 Å². The minimum atomic E-state index is -3.44. The summed E-state index contributed by atoms with van der Waals surface area (Å²) in [7, 11) is -2.15. The van der Waals surface area contributed by atoms with Crippen molar-refractivity contribution in [3.05, 3.63) is 0 Å². The van der Waals surface area contributed by atoms with E-state index in [0.29, 0.717) is 0 Å². The van der Waals surface area contributed by atoms with Crippen molar-refractivity contribution in [2.45, 2.75) is 52.7 Å². The van der Waals surface area contributed by atoms with Gasteiger partial charge in [0, 0.05) is 30.0 Å². The Labute approximate surface area is 129 Å². The van der Waals surface area contributed by atoms with Crippen LogP contribution in [-0.4, -0.2) is 34.7 Å². The normalized spacial score (nSPS) is 16.4. The molecule has 6 nitrogen and oxygen atoms in total. The maximum Gasteiger partial charge on any atom is 0.417 e.